The van der Waals surface area contributed by atoms with Gasteiger partial charge in [-0.2, -0.15) is 0 Å². The molecule has 1 fully saturated rings. The zero-order chi connectivity index (χ0) is 11.4. The molecule has 88 valence electrons. The summed E-state index contributed by atoms with van der Waals surface area (Å²) in [6.45, 7) is 6.19. The van der Waals surface area contributed by atoms with E-state index in [1.165, 1.54) is 24.0 Å². The molecule has 1 saturated heterocycles. The van der Waals surface area contributed by atoms with Crippen LogP contribution in [0.4, 0.5) is 0 Å². The predicted molar refractivity (Wildman–Crippen MR) is 66.6 cm³/mol. The van der Waals surface area contributed by atoms with Crippen LogP contribution in [0.15, 0.2) is 24.3 Å². The average Bonchev–Trinajstić information content (AvgIpc) is 2.79. The number of nitrogens with one attached hydrogen (secondary N) is 1. The number of likely N-dealkylation sites (N-methyl/N-ethyl adjacent to an activating group) is 1. The van der Waals surface area contributed by atoms with Crippen LogP contribution in [0.5, 0.6) is 0 Å². The molecule has 2 atom stereocenters. The van der Waals surface area contributed by atoms with Crippen molar-refractivity contribution in [2.24, 2.45) is 0 Å². The molecule has 0 aromatic heterocycles. The highest BCUT2D eigenvalue weighted by atomic mass is 16.5. The first kappa shape index (κ1) is 11.6. The SMILES string of the molecule is CCNC(c1cccc(C)c1)C1CCCO1. The van der Waals surface area contributed by atoms with Gasteiger partial charge in [-0.1, -0.05) is 36.8 Å². The molecule has 16 heavy (non-hydrogen) atoms. The molecule has 0 bridgehead atoms. The lowest BCUT2D eigenvalue weighted by Crippen LogP contribution is -2.31. The van der Waals surface area contributed by atoms with Crippen molar-refractivity contribution in [3.05, 3.63) is 35.4 Å². The summed E-state index contributed by atoms with van der Waals surface area (Å²) in [6.07, 6.45) is 2.71. The standard InChI is InChI=1S/C14H21NO/c1-3-15-14(13-8-5-9-16-13)12-7-4-6-11(2)10-12/h4,6-7,10,13-15H,3,5,8-9H2,1-2H3. The van der Waals surface area contributed by atoms with Gasteiger partial charge in [-0.05, 0) is 31.9 Å². The van der Waals surface area contributed by atoms with Crippen molar-refractivity contribution in [3.8, 4) is 0 Å². The molecule has 0 amide bonds. The molecular weight excluding hydrogens is 198 g/mol. The number of hydrogen-bond donors (Lipinski definition) is 1. The van der Waals surface area contributed by atoms with E-state index in [0.717, 1.165) is 13.2 Å². The van der Waals surface area contributed by atoms with Crippen LogP contribution in [0.3, 0.4) is 0 Å². The lowest BCUT2D eigenvalue weighted by molar-refractivity contribution is 0.0788. The molecule has 2 unspecified atom stereocenters. The Bertz CT molecular complexity index is 331. The summed E-state index contributed by atoms with van der Waals surface area (Å²) in [5.41, 5.74) is 2.67. The van der Waals surface area contributed by atoms with Gasteiger partial charge in [0.25, 0.3) is 0 Å². The van der Waals surface area contributed by atoms with Gasteiger partial charge in [-0.15, -0.1) is 0 Å². The van der Waals surface area contributed by atoms with Crippen LogP contribution in [0.1, 0.15) is 36.9 Å². The first-order chi connectivity index (χ1) is 7.81. The van der Waals surface area contributed by atoms with Crippen molar-refractivity contribution in [2.75, 3.05) is 13.2 Å². The van der Waals surface area contributed by atoms with Gasteiger partial charge in [0.15, 0.2) is 0 Å². The Hall–Kier alpha value is -0.860. The molecule has 2 rings (SSSR count). The highest BCUT2D eigenvalue weighted by molar-refractivity contribution is 5.26. The predicted octanol–water partition coefficient (Wildman–Crippen LogP) is 2.82. The first-order valence-corrected chi connectivity index (χ1v) is 6.23. The Morgan fingerprint density at radius 3 is 3.00 bits per heavy atom. The molecule has 2 nitrogen and oxygen atoms in total. The Balaban J connectivity index is 2.17. The van der Waals surface area contributed by atoms with E-state index in [9.17, 15) is 0 Å². The Morgan fingerprint density at radius 1 is 1.50 bits per heavy atom. The smallest absolute Gasteiger partial charge is 0.0770 e. The van der Waals surface area contributed by atoms with E-state index in [-0.39, 0.29) is 0 Å². The maximum Gasteiger partial charge on any atom is 0.0770 e. The summed E-state index contributed by atoms with van der Waals surface area (Å²) in [5.74, 6) is 0. The summed E-state index contributed by atoms with van der Waals surface area (Å²) < 4.78 is 5.80. The molecule has 0 saturated carbocycles. The van der Waals surface area contributed by atoms with Crippen LogP contribution in [0.25, 0.3) is 0 Å². The number of aryl methyl sites for hydroxylation is 1. The van der Waals surface area contributed by atoms with Crippen LogP contribution < -0.4 is 5.32 Å². The molecule has 1 aromatic rings. The second kappa shape index (κ2) is 5.46. The maximum absolute atomic E-state index is 5.80. The number of ether oxygens (including phenoxy) is 1. The molecule has 0 aliphatic carbocycles. The van der Waals surface area contributed by atoms with Crippen LogP contribution in [-0.4, -0.2) is 19.3 Å². The van der Waals surface area contributed by atoms with Gasteiger partial charge in [0.1, 0.15) is 0 Å². The Morgan fingerprint density at radius 2 is 2.38 bits per heavy atom. The molecular formula is C14H21NO. The molecule has 1 aliphatic rings. The van der Waals surface area contributed by atoms with Gasteiger partial charge in [0.05, 0.1) is 12.1 Å². The van der Waals surface area contributed by atoms with E-state index >= 15 is 0 Å². The van der Waals surface area contributed by atoms with Crippen LogP contribution in [-0.2, 0) is 4.74 Å². The fraction of sp³-hybridized carbons (Fsp3) is 0.571. The zero-order valence-corrected chi connectivity index (χ0v) is 10.2. The largest absolute Gasteiger partial charge is 0.376 e. The normalized spacial score (nSPS) is 22.2. The van der Waals surface area contributed by atoms with Crippen molar-refractivity contribution in [2.45, 2.75) is 38.8 Å². The summed E-state index contributed by atoms with van der Waals surface area (Å²) in [7, 11) is 0. The lowest BCUT2D eigenvalue weighted by atomic mass is 9.98. The topological polar surface area (TPSA) is 21.3 Å². The van der Waals surface area contributed by atoms with Crippen LogP contribution >= 0.6 is 0 Å². The van der Waals surface area contributed by atoms with E-state index in [1.807, 2.05) is 0 Å². The summed E-state index contributed by atoms with van der Waals surface area (Å²) in [5, 5.41) is 3.54. The van der Waals surface area contributed by atoms with Gasteiger partial charge in [0, 0.05) is 6.61 Å². The highest BCUT2D eigenvalue weighted by Crippen LogP contribution is 2.27. The molecule has 1 aliphatic heterocycles. The van der Waals surface area contributed by atoms with Crippen molar-refractivity contribution < 1.29 is 4.74 Å². The second-order valence-corrected chi connectivity index (χ2v) is 4.50. The van der Waals surface area contributed by atoms with Gasteiger partial charge in [0.2, 0.25) is 0 Å². The van der Waals surface area contributed by atoms with Gasteiger partial charge in [-0.25, -0.2) is 0 Å². The van der Waals surface area contributed by atoms with Crippen LogP contribution in [0, 0.1) is 6.92 Å². The first-order valence-electron chi connectivity index (χ1n) is 6.23. The van der Waals surface area contributed by atoms with E-state index < -0.39 is 0 Å². The van der Waals surface area contributed by atoms with Gasteiger partial charge in [-0.3, -0.25) is 0 Å². The van der Waals surface area contributed by atoms with Gasteiger partial charge >= 0.3 is 0 Å². The Kier molecular flexibility index (Phi) is 3.97. The van der Waals surface area contributed by atoms with E-state index in [0.29, 0.717) is 12.1 Å². The Labute approximate surface area is 98.0 Å². The molecule has 0 spiro atoms. The number of benzene rings is 1. The monoisotopic (exact) mass is 219 g/mol. The van der Waals surface area contributed by atoms with Gasteiger partial charge < -0.3 is 10.1 Å². The highest BCUT2D eigenvalue weighted by Gasteiger charge is 2.26. The third-order valence-electron chi connectivity index (χ3n) is 3.16. The van der Waals surface area contributed by atoms with Crippen molar-refractivity contribution >= 4 is 0 Å². The van der Waals surface area contributed by atoms with E-state index in [1.54, 1.807) is 0 Å². The summed E-state index contributed by atoms with van der Waals surface area (Å²) in [4.78, 5) is 0. The van der Waals surface area contributed by atoms with E-state index in [2.05, 4.69) is 43.4 Å². The van der Waals surface area contributed by atoms with E-state index in [4.69, 9.17) is 4.74 Å². The molecule has 1 aromatic carbocycles. The fourth-order valence-corrected chi connectivity index (χ4v) is 2.41. The third kappa shape index (κ3) is 2.63. The molecule has 1 heterocycles. The number of hydrogen-bond acceptors (Lipinski definition) is 2. The minimum absolute atomic E-state index is 0.349. The second-order valence-electron chi connectivity index (χ2n) is 4.50. The molecule has 1 N–H and O–H groups in total. The quantitative estimate of drug-likeness (QED) is 0.840. The van der Waals surface area contributed by atoms with Crippen LogP contribution in [0.2, 0.25) is 0 Å². The zero-order valence-electron chi connectivity index (χ0n) is 10.2. The van der Waals surface area contributed by atoms with Crippen molar-refractivity contribution in [1.82, 2.24) is 5.32 Å². The lowest BCUT2D eigenvalue weighted by Gasteiger charge is -2.24. The third-order valence-corrected chi connectivity index (χ3v) is 3.16. The molecule has 2 heteroatoms. The summed E-state index contributed by atoms with van der Waals surface area (Å²) >= 11 is 0. The van der Waals surface area contributed by atoms with Crippen molar-refractivity contribution in [1.29, 1.82) is 0 Å². The average molecular weight is 219 g/mol. The molecule has 0 radical (unpaired) electrons. The minimum Gasteiger partial charge on any atom is -0.376 e. The number of rotatable bonds is 4. The maximum atomic E-state index is 5.80. The summed E-state index contributed by atoms with van der Waals surface area (Å²) in [6, 6.07) is 9.08. The fourth-order valence-electron chi connectivity index (χ4n) is 2.41. The van der Waals surface area contributed by atoms with Crippen molar-refractivity contribution in [3.63, 3.8) is 0 Å². The minimum atomic E-state index is 0.349.